The van der Waals surface area contributed by atoms with Crippen molar-refractivity contribution >= 4 is 17.4 Å². The summed E-state index contributed by atoms with van der Waals surface area (Å²) >= 11 is 0. The molecule has 0 atom stereocenters. The van der Waals surface area contributed by atoms with Crippen LogP contribution in [-0.4, -0.2) is 32.2 Å². The fourth-order valence-corrected chi connectivity index (χ4v) is 2.40. The maximum Gasteiger partial charge on any atom is 0.262 e. The lowest BCUT2D eigenvalue weighted by Gasteiger charge is -2.12. The number of fused-ring (bicyclic) bond motifs is 1. The summed E-state index contributed by atoms with van der Waals surface area (Å²) in [5, 5.41) is 2.67. The number of hydrogen-bond donors (Lipinski definition) is 1. The lowest BCUT2D eigenvalue weighted by molar-refractivity contribution is -0.118. The van der Waals surface area contributed by atoms with Gasteiger partial charge in [-0.3, -0.25) is 9.59 Å². The molecule has 0 aromatic heterocycles. The molecule has 1 aliphatic heterocycles. The van der Waals surface area contributed by atoms with Crippen LogP contribution in [0.5, 0.6) is 23.0 Å². The largest absolute Gasteiger partial charge is 0.493 e. The molecule has 1 heterocycles. The summed E-state index contributed by atoms with van der Waals surface area (Å²) < 4.78 is 21.2. The number of ether oxygens (including phenoxy) is 4. The highest BCUT2D eigenvalue weighted by Gasteiger charge is 2.20. The van der Waals surface area contributed by atoms with Gasteiger partial charge in [-0.1, -0.05) is 12.1 Å². The third-order valence-electron chi connectivity index (χ3n) is 3.59. The number of benzene rings is 2. The Kier molecular flexibility index (Phi) is 4.74. The van der Waals surface area contributed by atoms with Gasteiger partial charge in [0.15, 0.2) is 35.4 Å². The highest BCUT2D eigenvalue weighted by atomic mass is 16.7. The minimum absolute atomic E-state index is 0.0843. The molecule has 0 saturated carbocycles. The van der Waals surface area contributed by atoms with Gasteiger partial charge in [0.1, 0.15) is 0 Å². The molecule has 0 radical (unpaired) electrons. The van der Waals surface area contributed by atoms with Crippen LogP contribution in [0.25, 0.3) is 0 Å². The third-order valence-corrected chi connectivity index (χ3v) is 3.59. The van der Waals surface area contributed by atoms with E-state index >= 15 is 0 Å². The summed E-state index contributed by atoms with van der Waals surface area (Å²) in [6, 6.07) is 10.1. The first kappa shape index (κ1) is 16.6. The fraction of sp³-hybridized carbons (Fsp3) is 0.222. The summed E-state index contributed by atoms with van der Waals surface area (Å²) in [6.07, 6.45) is 0. The van der Waals surface area contributed by atoms with Gasteiger partial charge in [-0.15, -0.1) is 0 Å². The molecule has 7 nitrogen and oxygen atoms in total. The molecule has 2 aromatic rings. The van der Waals surface area contributed by atoms with Gasteiger partial charge in [0.05, 0.1) is 12.8 Å². The Morgan fingerprint density at radius 1 is 1.12 bits per heavy atom. The molecule has 0 saturated heterocycles. The van der Waals surface area contributed by atoms with Crippen LogP contribution < -0.4 is 24.3 Å². The average Bonchev–Trinajstić information content (AvgIpc) is 3.06. The Labute approximate surface area is 144 Å². The number of para-hydroxylation sites is 2. The number of carbonyl (C=O) groups excluding carboxylic acids is 2. The molecule has 0 unspecified atom stereocenters. The van der Waals surface area contributed by atoms with Crippen molar-refractivity contribution in [1.82, 2.24) is 0 Å². The van der Waals surface area contributed by atoms with E-state index in [-0.39, 0.29) is 19.2 Å². The van der Waals surface area contributed by atoms with E-state index in [9.17, 15) is 9.59 Å². The van der Waals surface area contributed by atoms with E-state index in [4.69, 9.17) is 18.9 Å². The Balaban J connectivity index is 1.72. The number of ketones is 1. The molecular formula is C18H17NO6. The van der Waals surface area contributed by atoms with Crippen LogP contribution in [0.1, 0.15) is 17.3 Å². The molecular weight excluding hydrogens is 326 g/mol. The maximum atomic E-state index is 12.2. The van der Waals surface area contributed by atoms with Crippen LogP contribution in [0.15, 0.2) is 36.4 Å². The van der Waals surface area contributed by atoms with Crippen LogP contribution in [0.4, 0.5) is 5.69 Å². The first-order valence-electron chi connectivity index (χ1n) is 7.58. The normalized spacial score (nSPS) is 11.8. The zero-order valence-corrected chi connectivity index (χ0v) is 13.8. The van der Waals surface area contributed by atoms with Crippen LogP contribution in [-0.2, 0) is 4.79 Å². The molecule has 1 aliphatic rings. The van der Waals surface area contributed by atoms with Gasteiger partial charge in [-0.25, -0.2) is 0 Å². The molecule has 0 fully saturated rings. The predicted octanol–water partition coefficient (Wildman–Crippen LogP) is 2.64. The van der Waals surface area contributed by atoms with Crippen molar-refractivity contribution in [2.24, 2.45) is 0 Å². The zero-order valence-electron chi connectivity index (χ0n) is 13.8. The predicted molar refractivity (Wildman–Crippen MR) is 89.7 cm³/mol. The van der Waals surface area contributed by atoms with Gasteiger partial charge in [0.2, 0.25) is 6.79 Å². The summed E-state index contributed by atoms with van der Waals surface area (Å²) in [5.74, 6) is 1.34. The average molecular weight is 343 g/mol. The topological polar surface area (TPSA) is 83.1 Å². The first-order valence-corrected chi connectivity index (χ1v) is 7.58. The Bertz CT molecular complexity index is 817. The minimum Gasteiger partial charge on any atom is -0.493 e. The smallest absolute Gasteiger partial charge is 0.262 e. The summed E-state index contributed by atoms with van der Waals surface area (Å²) in [4.78, 5) is 24.0. The first-order chi connectivity index (χ1) is 12.1. The Morgan fingerprint density at radius 3 is 2.48 bits per heavy atom. The summed E-state index contributed by atoms with van der Waals surface area (Å²) in [6.45, 7) is 1.27. The van der Waals surface area contributed by atoms with Crippen molar-refractivity contribution in [2.75, 3.05) is 25.8 Å². The lowest BCUT2D eigenvalue weighted by atomic mass is 10.1. The quantitative estimate of drug-likeness (QED) is 0.812. The SMILES string of the molecule is COc1ccccc1OCC(=O)Nc1cc2c(cc1C(C)=O)OCO2. The van der Waals surface area contributed by atoms with E-state index in [1.54, 1.807) is 36.4 Å². The molecule has 1 amide bonds. The fourth-order valence-electron chi connectivity index (χ4n) is 2.40. The second-order valence-electron chi connectivity index (χ2n) is 5.29. The summed E-state index contributed by atoms with van der Waals surface area (Å²) in [7, 11) is 1.52. The van der Waals surface area contributed by atoms with Crippen molar-refractivity contribution in [2.45, 2.75) is 6.92 Å². The number of anilines is 1. The van der Waals surface area contributed by atoms with Crippen LogP contribution in [0.2, 0.25) is 0 Å². The highest BCUT2D eigenvalue weighted by molar-refractivity contribution is 6.04. The van der Waals surface area contributed by atoms with Gasteiger partial charge >= 0.3 is 0 Å². The number of nitrogens with one attached hydrogen (secondary N) is 1. The Morgan fingerprint density at radius 2 is 1.80 bits per heavy atom. The second-order valence-corrected chi connectivity index (χ2v) is 5.29. The van der Waals surface area contributed by atoms with Crippen LogP contribution in [0, 0.1) is 0 Å². The van der Waals surface area contributed by atoms with Crippen molar-refractivity contribution in [3.63, 3.8) is 0 Å². The molecule has 1 N–H and O–H groups in total. The number of Topliss-reactive ketones (excluding diaryl/α,β-unsaturated/α-hetero) is 1. The van der Waals surface area contributed by atoms with Gasteiger partial charge in [0, 0.05) is 11.6 Å². The van der Waals surface area contributed by atoms with E-state index in [0.717, 1.165) is 0 Å². The standard InChI is InChI=1S/C18H17NO6/c1-11(20)12-7-16-17(25-10-24-16)8-13(12)19-18(21)9-23-15-6-4-3-5-14(15)22-2/h3-8H,9-10H2,1-2H3,(H,19,21). The monoisotopic (exact) mass is 343 g/mol. The Hall–Kier alpha value is -3.22. The molecule has 25 heavy (non-hydrogen) atoms. The van der Waals surface area contributed by atoms with Crippen molar-refractivity contribution in [3.05, 3.63) is 42.0 Å². The van der Waals surface area contributed by atoms with E-state index < -0.39 is 5.91 Å². The highest BCUT2D eigenvalue weighted by Crippen LogP contribution is 2.37. The van der Waals surface area contributed by atoms with Gasteiger partial charge in [-0.2, -0.15) is 0 Å². The van der Waals surface area contributed by atoms with Crippen LogP contribution >= 0.6 is 0 Å². The molecule has 0 bridgehead atoms. The second kappa shape index (κ2) is 7.12. The molecule has 2 aromatic carbocycles. The van der Waals surface area contributed by atoms with E-state index in [1.807, 2.05) is 0 Å². The van der Waals surface area contributed by atoms with E-state index in [2.05, 4.69) is 5.32 Å². The maximum absolute atomic E-state index is 12.2. The number of rotatable bonds is 6. The van der Waals surface area contributed by atoms with Gasteiger partial charge in [0.25, 0.3) is 5.91 Å². The zero-order chi connectivity index (χ0) is 17.8. The molecule has 7 heteroatoms. The third kappa shape index (κ3) is 3.65. The van der Waals surface area contributed by atoms with Crippen molar-refractivity contribution in [1.29, 1.82) is 0 Å². The van der Waals surface area contributed by atoms with Crippen LogP contribution in [0.3, 0.4) is 0 Å². The lowest BCUT2D eigenvalue weighted by Crippen LogP contribution is -2.21. The van der Waals surface area contributed by atoms with Crippen molar-refractivity contribution < 1.29 is 28.5 Å². The number of amides is 1. The van der Waals surface area contributed by atoms with Gasteiger partial charge < -0.3 is 24.3 Å². The van der Waals surface area contributed by atoms with Crippen molar-refractivity contribution in [3.8, 4) is 23.0 Å². The molecule has 3 rings (SSSR count). The molecule has 0 aliphatic carbocycles. The summed E-state index contributed by atoms with van der Waals surface area (Å²) in [5.41, 5.74) is 0.695. The number of carbonyl (C=O) groups is 2. The minimum atomic E-state index is -0.410. The van der Waals surface area contributed by atoms with E-state index in [0.29, 0.717) is 34.2 Å². The number of methoxy groups -OCH3 is 1. The van der Waals surface area contributed by atoms with Gasteiger partial charge in [-0.05, 0) is 25.1 Å². The molecule has 0 spiro atoms. The van der Waals surface area contributed by atoms with E-state index in [1.165, 1.54) is 14.0 Å². The number of hydrogen-bond acceptors (Lipinski definition) is 6. The molecule has 130 valence electrons.